The van der Waals surface area contributed by atoms with Gasteiger partial charge in [0.2, 0.25) is 11.8 Å². The smallest absolute Gasteiger partial charge is 0.257 e. The number of rotatable bonds is 8. The van der Waals surface area contributed by atoms with Gasteiger partial charge in [0.25, 0.3) is 5.92 Å². The molecular weight excluding hydrogens is 392 g/mol. The highest BCUT2D eigenvalue weighted by Crippen LogP contribution is 2.40. The number of nitrogens with two attached hydrogens (primary N) is 1. The van der Waals surface area contributed by atoms with Crippen LogP contribution in [-0.4, -0.2) is 57.6 Å². The number of carbonyl (C=O) groups is 1. The molecule has 1 aliphatic carbocycles. The molecule has 1 saturated carbocycles. The van der Waals surface area contributed by atoms with Crippen molar-refractivity contribution < 1.29 is 18.3 Å². The Balaban J connectivity index is 1.45. The zero-order valence-corrected chi connectivity index (χ0v) is 16.6. The number of amides is 1. The number of nitrogens with zero attached hydrogens (tertiary/aromatic N) is 4. The normalized spacial score (nSPS) is 22.4. The summed E-state index contributed by atoms with van der Waals surface area (Å²) in [4.78, 5) is 17.8. The molecule has 2 aliphatic rings. The van der Waals surface area contributed by atoms with Crippen molar-refractivity contribution >= 4 is 5.91 Å². The Bertz CT molecular complexity index is 861. The minimum absolute atomic E-state index is 0.0284. The van der Waals surface area contributed by atoms with Crippen LogP contribution in [0, 0.1) is 5.92 Å². The molecule has 1 unspecified atom stereocenters. The highest BCUT2D eigenvalue weighted by Gasteiger charge is 2.46. The summed E-state index contributed by atoms with van der Waals surface area (Å²) in [6.45, 7) is 0.745. The van der Waals surface area contributed by atoms with Crippen molar-refractivity contribution in [2.75, 3.05) is 19.7 Å². The molecule has 2 N–H and O–H groups in total. The van der Waals surface area contributed by atoms with Crippen molar-refractivity contribution in [1.82, 2.24) is 20.1 Å². The molecule has 0 aromatic carbocycles. The Morgan fingerprint density at radius 2 is 2.00 bits per heavy atom. The molecule has 1 amide bonds. The van der Waals surface area contributed by atoms with E-state index in [2.05, 4.69) is 15.2 Å². The first kappa shape index (κ1) is 20.6. The molecule has 2 atom stereocenters. The summed E-state index contributed by atoms with van der Waals surface area (Å²) in [5.74, 6) is -3.40. The van der Waals surface area contributed by atoms with Crippen molar-refractivity contribution in [3.8, 4) is 5.88 Å². The second-order valence-electron chi connectivity index (χ2n) is 8.08. The Kier molecular flexibility index (Phi) is 5.90. The lowest BCUT2D eigenvalue weighted by atomic mass is 9.86. The van der Waals surface area contributed by atoms with Gasteiger partial charge in [0.05, 0.1) is 24.3 Å². The van der Waals surface area contributed by atoms with E-state index >= 15 is 0 Å². The van der Waals surface area contributed by atoms with Crippen molar-refractivity contribution in [2.24, 2.45) is 11.7 Å². The van der Waals surface area contributed by atoms with Gasteiger partial charge in [-0.25, -0.2) is 8.78 Å². The van der Waals surface area contributed by atoms with Gasteiger partial charge in [0.1, 0.15) is 0 Å². The third-order valence-electron chi connectivity index (χ3n) is 5.80. The van der Waals surface area contributed by atoms with E-state index in [9.17, 15) is 13.6 Å². The molecule has 2 fully saturated rings. The average molecular weight is 417 g/mol. The molecule has 1 saturated heterocycles. The van der Waals surface area contributed by atoms with Gasteiger partial charge >= 0.3 is 0 Å². The summed E-state index contributed by atoms with van der Waals surface area (Å²) in [6.07, 6.45) is 5.22. The first-order valence-corrected chi connectivity index (χ1v) is 10.2. The summed E-state index contributed by atoms with van der Waals surface area (Å²) in [6, 6.07) is 5.90. The van der Waals surface area contributed by atoms with Gasteiger partial charge in [-0.05, 0) is 42.5 Å². The number of likely N-dealkylation sites (tertiary alicyclic amines) is 1. The van der Waals surface area contributed by atoms with Gasteiger partial charge < -0.3 is 10.5 Å². The van der Waals surface area contributed by atoms with Crippen LogP contribution in [0.5, 0.6) is 5.88 Å². The van der Waals surface area contributed by atoms with Crippen molar-refractivity contribution in [3.63, 3.8) is 0 Å². The van der Waals surface area contributed by atoms with Crippen molar-refractivity contribution in [2.45, 2.75) is 43.6 Å². The predicted octanol–water partition coefficient (Wildman–Crippen LogP) is 2.18. The van der Waals surface area contributed by atoms with Gasteiger partial charge in [0.15, 0.2) is 0 Å². The molecule has 30 heavy (non-hydrogen) atoms. The van der Waals surface area contributed by atoms with Gasteiger partial charge in [0, 0.05) is 44.4 Å². The van der Waals surface area contributed by atoms with E-state index in [0.29, 0.717) is 29.7 Å². The van der Waals surface area contributed by atoms with Crippen LogP contribution in [0.25, 0.3) is 0 Å². The fraction of sp³-hybridized carbons (Fsp3) is 0.524. The van der Waals surface area contributed by atoms with E-state index in [-0.39, 0.29) is 25.9 Å². The van der Waals surface area contributed by atoms with Crippen LogP contribution in [0.3, 0.4) is 0 Å². The number of halogens is 2. The fourth-order valence-corrected chi connectivity index (χ4v) is 3.78. The van der Waals surface area contributed by atoms with E-state index in [1.165, 1.54) is 25.2 Å². The van der Waals surface area contributed by atoms with E-state index in [1.54, 1.807) is 29.2 Å². The number of hydrogen-bond donors (Lipinski definition) is 1. The Morgan fingerprint density at radius 3 is 2.63 bits per heavy atom. The maximum Gasteiger partial charge on any atom is 0.257 e. The molecule has 9 heteroatoms. The third-order valence-corrected chi connectivity index (χ3v) is 5.80. The number of pyridine rings is 1. The Morgan fingerprint density at radius 1 is 1.23 bits per heavy atom. The summed E-state index contributed by atoms with van der Waals surface area (Å²) in [5.41, 5.74) is 6.70. The maximum atomic E-state index is 14.6. The second kappa shape index (κ2) is 8.59. The average Bonchev–Trinajstić information content (AvgIpc) is 3.56. The van der Waals surface area contributed by atoms with Crippen LogP contribution in [0.1, 0.15) is 36.4 Å². The Labute approximate surface area is 173 Å². The number of piperidine rings is 1. The van der Waals surface area contributed by atoms with E-state index in [0.717, 1.165) is 0 Å². The predicted molar refractivity (Wildman–Crippen MR) is 105 cm³/mol. The molecule has 0 spiro atoms. The van der Waals surface area contributed by atoms with E-state index in [4.69, 9.17) is 10.5 Å². The third kappa shape index (κ3) is 4.89. The lowest BCUT2D eigenvalue weighted by Crippen LogP contribution is -2.54. The number of alkyl halides is 2. The van der Waals surface area contributed by atoms with Crippen molar-refractivity contribution in [3.05, 3.63) is 47.9 Å². The maximum absolute atomic E-state index is 14.6. The number of carbonyl (C=O) groups excluding carboxylic acids is 1. The lowest BCUT2D eigenvalue weighted by Gasteiger charge is -2.41. The van der Waals surface area contributed by atoms with Gasteiger partial charge in [-0.15, -0.1) is 5.10 Å². The molecular formula is C21H25F2N5O2. The van der Waals surface area contributed by atoms with Gasteiger partial charge in [-0.1, -0.05) is 0 Å². The topological polar surface area (TPSA) is 94.2 Å². The summed E-state index contributed by atoms with van der Waals surface area (Å²) in [7, 11) is 0. The highest BCUT2D eigenvalue weighted by molar-refractivity contribution is 5.80. The minimum Gasteiger partial charge on any atom is -0.476 e. The summed E-state index contributed by atoms with van der Waals surface area (Å²) < 4.78 is 34.8. The number of primary amides is 1. The molecule has 160 valence electrons. The number of ether oxygens (including phenoxy) is 1. The quantitative estimate of drug-likeness (QED) is 0.708. The molecule has 0 radical (unpaired) electrons. The van der Waals surface area contributed by atoms with Crippen LogP contribution >= 0.6 is 0 Å². The van der Waals surface area contributed by atoms with Gasteiger partial charge in [-0.2, -0.15) is 5.10 Å². The fourth-order valence-electron chi connectivity index (χ4n) is 3.78. The van der Waals surface area contributed by atoms with Crippen LogP contribution in [-0.2, 0) is 11.2 Å². The molecule has 1 aliphatic heterocycles. The van der Waals surface area contributed by atoms with E-state index in [1.807, 2.05) is 0 Å². The molecule has 7 nitrogen and oxygen atoms in total. The standard InChI is InChI=1S/C21H25F2N5O2/c22-21(23)7-10-28(12-17(21)15-5-8-25-9-6-15)18(20(24)29)11-16-3-4-19(27-26-16)30-13-14-1-2-14/h3-6,8-9,14,17-18H,1-2,7,10-13H2,(H2,24,29)/t17-,18?/m1/s1. The molecule has 2 aromatic heterocycles. The van der Waals surface area contributed by atoms with Crippen molar-refractivity contribution in [1.29, 1.82) is 0 Å². The highest BCUT2D eigenvalue weighted by atomic mass is 19.3. The SMILES string of the molecule is NC(=O)C(Cc1ccc(OCC2CC2)nn1)N1CCC(F)(F)[C@@H](c2ccncc2)C1. The zero-order chi connectivity index (χ0) is 21.1. The molecule has 0 bridgehead atoms. The van der Waals surface area contributed by atoms with Crippen LogP contribution in [0.2, 0.25) is 0 Å². The summed E-state index contributed by atoms with van der Waals surface area (Å²) >= 11 is 0. The van der Waals surface area contributed by atoms with Gasteiger partial charge in [-0.3, -0.25) is 14.7 Å². The molecule has 2 aromatic rings. The van der Waals surface area contributed by atoms with Crippen LogP contribution in [0.4, 0.5) is 8.78 Å². The number of hydrogen-bond acceptors (Lipinski definition) is 6. The molecule has 3 heterocycles. The minimum atomic E-state index is -2.86. The summed E-state index contributed by atoms with van der Waals surface area (Å²) in [5, 5.41) is 8.19. The largest absolute Gasteiger partial charge is 0.476 e. The lowest BCUT2D eigenvalue weighted by molar-refractivity contribution is -0.128. The number of aromatic nitrogens is 3. The first-order valence-electron chi connectivity index (χ1n) is 10.2. The second-order valence-corrected chi connectivity index (χ2v) is 8.08. The first-order chi connectivity index (χ1) is 14.4. The Hall–Kier alpha value is -2.68. The van der Waals surface area contributed by atoms with E-state index < -0.39 is 23.8 Å². The monoisotopic (exact) mass is 417 g/mol. The zero-order valence-electron chi connectivity index (χ0n) is 16.6. The molecule has 4 rings (SSSR count). The van der Waals surface area contributed by atoms with Crippen LogP contribution in [0.15, 0.2) is 36.7 Å². The van der Waals surface area contributed by atoms with Crippen LogP contribution < -0.4 is 10.5 Å².